The maximum Gasteiger partial charge on any atom is 0.412 e. The van der Waals surface area contributed by atoms with E-state index < -0.39 is 11.7 Å². The van der Waals surface area contributed by atoms with Gasteiger partial charge in [0.25, 0.3) is 5.56 Å². The van der Waals surface area contributed by atoms with Crippen molar-refractivity contribution in [3.8, 4) is 11.4 Å². The lowest BCUT2D eigenvalue weighted by Crippen LogP contribution is -2.44. The third-order valence-corrected chi connectivity index (χ3v) is 7.25. The van der Waals surface area contributed by atoms with Gasteiger partial charge in [0.2, 0.25) is 5.95 Å². The molecule has 2 N–H and O–H groups in total. The first-order chi connectivity index (χ1) is 21.5. The Labute approximate surface area is 265 Å². The maximum atomic E-state index is 13.7. The minimum Gasteiger partial charge on any atom is -0.494 e. The molecule has 2 aromatic heterocycles. The maximum absolute atomic E-state index is 13.7. The molecule has 0 unspecified atom stereocenters. The zero-order valence-electron chi connectivity index (χ0n) is 27.6. The van der Waals surface area contributed by atoms with E-state index in [2.05, 4.69) is 38.5 Å². The highest BCUT2D eigenvalue weighted by Gasteiger charge is 2.19. The Hall–Kier alpha value is -4.64. The van der Waals surface area contributed by atoms with Crippen molar-refractivity contribution in [1.82, 2.24) is 19.4 Å². The predicted molar refractivity (Wildman–Crippen MR) is 182 cm³/mol. The van der Waals surface area contributed by atoms with Gasteiger partial charge in [-0.1, -0.05) is 26.8 Å². The molecular formula is C34H45N7O4. The van der Waals surface area contributed by atoms with E-state index in [1.165, 1.54) is 0 Å². The van der Waals surface area contributed by atoms with Crippen molar-refractivity contribution in [2.45, 2.75) is 53.6 Å². The number of fused-ring (bicyclic) bond motifs is 1. The first-order valence-electron chi connectivity index (χ1n) is 15.5. The molecule has 1 saturated heterocycles. The summed E-state index contributed by atoms with van der Waals surface area (Å²) in [6.45, 7) is 15.2. The van der Waals surface area contributed by atoms with Crippen LogP contribution < -0.4 is 25.8 Å². The zero-order chi connectivity index (χ0) is 32.7. The molecule has 5 rings (SSSR count). The van der Waals surface area contributed by atoms with E-state index in [0.29, 0.717) is 51.8 Å². The normalized spacial score (nSPS) is 13.6. The van der Waals surface area contributed by atoms with Gasteiger partial charge in [0, 0.05) is 60.8 Å². The van der Waals surface area contributed by atoms with Crippen LogP contribution in [0, 0.1) is 0 Å². The third kappa shape index (κ3) is 8.10. The van der Waals surface area contributed by atoms with Crippen molar-refractivity contribution in [2.75, 3.05) is 55.9 Å². The number of anilines is 4. The van der Waals surface area contributed by atoms with Crippen LogP contribution in [0.25, 0.3) is 16.7 Å². The highest BCUT2D eigenvalue weighted by molar-refractivity contribution is 5.86. The zero-order valence-corrected chi connectivity index (χ0v) is 27.6. The number of amides is 1. The summed E-state index contributed by atoms with van der Waals surface area (Å²) in [4.78, 5) is 40.0. The lowest BCUT2D eigenvalue weighted by Gasteiger charge is -2.34. The van der Waals surface area contributed by atoms with E-state index in [0.717, 1.165) is 31.9 Å². The van der Waals surface area contributed by atoms with Crippen LogP contribution in [0.1, 0.15) is 47.1 Å². The number of aryl methyl sites for hydroxylation is 1. The summed E-state index contributed by atoms with van der Waals surface area (Å²) in [7, 11) is 3.77. The molecule has 11 heteroatoms. The Kier molecular flexibility index (Phi) is 10.7. The SMILES string of the molecule is CC.CCc1cc2cnc(Nc3ccc(N4CCN(C)CC4)cc3OC)nc2n(-c2cccc(NC(=O)OC(C)(C)C)c2)c1=O. The van der Waals surface area contributed by atoms with Gasteiger partial charge >= 0.3 is 6.09 Å². The standard InChI is InChI=1S/C32H39N7O4.C2H6/c1-7-21-17-22-20-33-30(35-26-12-11-24(19-27(26)42-6)38-15-13-37(5)14-16-38)36-28(22)39(29(21)40)25-10-8-9-23(18-25)34-31(41)43-32(2,3)4;1-2/h8-12,17-20H,7,13-16H2,1-6H3,(H,34,41)(H,33,35,36);1-2H3. The van der Waals surface area contributed by atoms with Crippen molar-refractivity contribution < 1.29 is 14.3 Å². The number of nitrogens with zero attached hydrogens (tertiary/aromatic N) is 5. The van der Waals surface area contributed by atoms with E-state index in [4.69, 9.17) is 14.5 Å². The third-order valence-electron chi connectivity index (χ3n) is 7.25. The van der Waals surface area contributed by atoms with Gasteiger partial charge < -0.3 is 24.6 Å². The largest absolute Gasteiger partial charge is 0.494 e. The topological polar surface area (TPSA) is 114 Å². The average molecular weight is 616 g/mol. The van der Waals surface area contributed by atoms with E-state index in [-0.39, 0.29) is 5.56 Å². The molecule has 0 bridgehead atoms. The van der Waals surface area contributed by atoms with Crippen molar-refractivity contribution in [3.05, 3.63) is 70.6 Å². The summed E-state index contributed by atoms with van der Waals surface area (Å²) >= 11 is 0. The van der Waals surface area contributed by atoms with Crippen LogP contribution in [0.2, 0.25) is 0 Å². The summed E-state index contributed by atoms with van der Waals surface area (Å²) in [5, 5.41) is 6.74. The molecule has 45 heavy (non-hydrogen) atoms. The molecular weight excluding hydrogens is 570 g/mol. The van der Waals surface area contributed by atoms with E-state index in [1.54, 1.807) is 62.9 Å². The number of hydrogen-bond acceptors (Lipinski definition) is 9. The second kappa shape index (κ2) is 14.4. The first-order valence-corrected chi connectivity index (χ1v) is 15.5. The number of carbonyl (C=O) groups is 1. The summed E-state index contributed by atoms with van der Waals surface area (Å²) < 4.78 is 12.7. The summed E-state index contributed by atoms with van der Waals surface area (Å²) in [6.07, 6.45) is 1.67. The number of likely N-dealkylation sites (N-methyl/N-ethyl adjacent to an activating group) is 1. The fourth-order valence-electron chi connectivity index (χ4n) is 5.01. The van der Waals surface area contributed by atoms with Gasteiger partial charge in [-0.15, -0.1) is 0 Å². The van der Waals surface area contributed by atoms with Gasteiger partial charge in [0.05, 0.1) is 18.5 Å². The van der Waals surface area contributed by atoms with Gasteiger partial charge in [-0.25, -0.2) is 9.78 Å². The minimum absolute atomic E-state index is 0.192. The number of ether oxygens (including phenoxy) is 2. The molecule has 1 amide bonds. The number of methoxy groups -OCH3 is 1. The molecule has 0 atom stereocenters. The van der Waals surface area contributed by atoms with Gasteiger partial charge in [-0.05, 0) is 70.6 Å². The van der Waals surface area contributed by atoms with E-state index in [9.17, 15) is 9.59 Å². The molecule has 1 fully saturated rings. The fourth-order valence-corrected chi connectivity index (χ4v) is 5.01. The van der Waals surface area contributed by atoms with Crippen molar-refractivity contribution in [3.63, 3.8) is 0 Å². The number of carbonyl (C=O) groups excluding carboxylic acids is 1. The monoisotopic (exact) mass is 615 g/mol. The Morgan fingerprint density at radius 2 is 1.73 bits per heavy atom. The molecule has 0 spiro atoms. The molecule has 240 valence electrons. The second-order valence-corrected chi connectivity index (χ2v) is 11.6. The summed E-state index contributed by atoms with van der Waals surface area (Å²) in [5.74, 6) is 0.985. The van der Waals surface area contributed by atoms with Crippen LogP contribution in [0.4, 0.5) is 27.8 Å². The van der Waals surface area contributed by atoms with Crippen molar-refractivity contribution in [1.29, 1.82) is 0 Å². The van der Waals surface area contributed by atoms with Crippen LogP contribution in [0.15, 0.2) is 59.5 Å². The Balaban J connectivity index is 0.00000226. The number of hydrogen-bond donors (Lipinski definition) is 2. The molecule has 3 heterocycles. The summed E-state index contributed by atoms with van der Waals surface area (Å²) in [6, 6.07) is 14.9. The number of aromatic nitrogens is 3. The smallest absolute Gasteiger partial charge is 0.412 e. The van der Waals surface area contributed by atoms with Gasteiger partial charge in [0.1, 0.15) is 11.4 Å². The van der Waals surface area contributed by atoms with Gasteiger partial charge in [-0.3, -0.25) is 14.7 Å². The number of nitrogens with one attached hydrogen (secondary N) is 2. The number of piperazine rings is 1. The minimum atomic E-state index is -0.641. The lowest BCUT2D eigenvalue weighted by molar-refractivity contribution is 0.0636. The first kappa shape index (κ1) is 33.3. The molecule has 0 aliphatic carbocycles. The molecule has 0 saturated carbocycles. The van der Waals surface area contributed by atoms with Crippen LogP contribution in [-0.2, 0) is 11.2 Å². The Morgan fingerprint density at radius 1 is 1.00 bits per heavy atom. The molecule has 0 radical (unpaired) electrons. The molecule has 4 aromatic rings. The Morgan fingerprint density at radius 3 is 2.40 bits per heavy atom. The van der Waals surface area contributed by atoms with Crippen LogP contribution >= 0.6 is 0 Å². The van der Waals surface area contributed by atoms with E-state index >= 15 is 0 Å². The van der Waals surface area contributed by atoms with Crippen LogP contribution in [0.5, 0.6) is 5.75 Å². The van der Waals surface area contributed by atoms with Crippen molar-refractivity contribution in [2.24, 2.45) is 0 Å². The number of rotatable bonds is 7. The van der Waals surface area contributed by atoms with Gasteiger partial charge in [-0.2, -0.15) is 4.98 Å². The summed E-state index contributed by atoms with van der Waals surface area (Å²) in [5.41, 5.74) is 3.08. The molecule has 2 aromatic carbocycles. The van der Waals surface area contributed by atoms with Gasteiger partial charge in [0.15, 0.2) is 5.65 Å². The lowest BCUT2D eigenvalue weighted by atomic mass is 10.1. The van der Waals surface area contributed by atoms with Crippen LogP contribution in [0.3, 0.4) is 0 Å². The number of pyridine rings is 1. The predicted octanol–water partition coefficient (Wildman–Crippen LogP) is 6.22. The van der Waals surface area contributed by atoms with Crippen molar-refractivity contribution >= 4 is 40.1 Å². The second-order valence-electron chi connectivity index (χ2n) is 11.6. The molecule has 1 aliphatic rings. The fraction of sp³-hybridized carbons (Fsp3) is 0.412. The molecule has 11 nitrogen and oxygen atoms in total. The van der Waals surface area contributed by atoms with Crippen LogP contribution in [-0.4, -0.2) is 71.5 Å². The van der Waals surface area contributed by atoms with E-state index in [1.807, 2.05) is 39.0 Å². The Bertz CT molecular complexity index is 1690. The highest BCUT2D eigenvalue weighted by Crippen LogP contribution is 2.32. The highest BCUT2D eigenvalue weighted by atomic mass is 16.6. The molecule has 1 aliphatic heterocycles. The number of benzene rings is 2. The quantitative estimate of drug-likeness (QED) is 0.250. The average Bonchev–Trinajstić information content (AvgIpc) is 3.01.